The van der Waals surface area contributed by atoms with E-state index in [0.717, 1.165) is 26.9 Å². The summed E-state index contributed by atoms with van der Waals surface area (Å²) in [5, 5.41) is 4.52. The van der Waals surface area contributed by atoms with Crippen molar-refractivity contribution in [3.05, 3.63) is 61.5 Å². The molecule has 2 aromatic carbocycles. The number of methoxy groups -OCH3 is 1. The average Bonchev–Trinajstić information content (AvgIpc) is 2.46. The molecule has 0 aliphatic heterocycles. The Morgan fingerprint density at radius 3 is 2.33 bits per heavy atom. The second kappa shape index (κ2) is 7.01. The Balaban J connectivity index is 2.64. The molecule has 0 aliphatic rings. The van der Waals surface area contributed by atoms with E-state index in [4.69, 9.17) is 27.9 Å². The van der Waals surface area contributed by atoms with Gasteiger partial charge in [0.2, 0.25) is 0 Å². The lowest BCUT2D eigenvalue weighted by atomic mass is 9.96. The van der Waals surface area contributed by atoms with Crippen LogP contribution in [-0.2, 0) is 0 Å². The largest absolute Gasteiger partial charge is 0.496 e. The normalized spacial score (nSPS) is 12.3. The van der Waals surface area contributed by atoms with Gasteiger partial charge in [-0.05, 0) is 43.8 Å². The van der Waals surface area contributed by atoms with Crippen LogP contribution in [0.1, 0.15) is 22.7 Å². The number of halogens is 3. The molecule has 0 fully saturated rings. The summed E-state index contributed by atoms with van der Waals surface area (Å²) in [6.07, 6.45) is 0. The monoisotopic (exact) mass is 387 g/mol. The van der Waals surface area contributed by atoms with E-state index >= 15 is 0 Å². The number of hydrogen-bond donors (Lipinski definition) is 1. The van der Waals surface area contributed by atoms with Crippen molar-refractivity contribution in [2.75, 3.05) is 14.2 Å². The van der Waals surface area contributed by atoms with Crippen LogP contribution < -0.4 is 10.1 Å². The average molecular weight is 389 g/mol. The Bertz CT molecular complexity index is 641. The summed E-state index contributed by atoms with van der Waals surface area (Å²) < 4.78 is 6.53. The first-order valence-electron chi connectivity index (χ1n) is 6.44. The van der Waals surface area contributed by atoms with Crippen LogP contribution in [0.3, 0.4) is 0 Å². The fourth-order valence-corrected chi connectivity index (χ4v) is 3.29. The second-order valence-electron chi connectivity index (χ2n) is 4.70. The number of rotatable bonds is 4. The lowest BCUT2D eigenvalue weighted by Crippen LogP contribution is -2.19. The first-order valence-corrected chi connectivity index (χ1v) is 7.99. The number of aryl methyl sites for hydroxylation is 1. The van der Waals surface area contributed by atoms with E-state index in [9.17, 15) is 0 Å². The molecule has 2 rings (SSSR count). The molecular formula is C16H16BrCl2NO. The van der Waals surface area contributed by atoms with Crippen LogP contribution in [0.2, 0.25) is 10.0 Å². The minimum absolute atomic E-state index is 0.155. The van der Waals surface area contributed by atoms with Gasteiger partial charge in [0.25, 0.3) is 0 Å². The molecule has 0 amide bonds. The zero-order valence-electron chi connectivity index (χ0n) is 12.0. The zero-order chi connectivity index (χ0) is 15.6. The molecule has 0 aliphatic carbocycles. The van der Waals surface area contributed by atoms with E-state index in [-0.39, 0.29) is 6.04 Å². The minimum Gasteiger partial charge on any atom is -0.496 e. The molecule has 0 heterocycles. The highest BCUT2D eigenvalue weighted by molar-refractivity contribution is 9.10. The lowest BCUT2D eigenvalue weighted by molar-refractivity contribution is 0.405. The fraction of sp³-hybridized carbons (Fsp3) is 0.250. The topological polar surface area (TPSA) is 21.3 Å². The summed E-state index contributed by atoms with van der Waals surface area (Å²) in [6, 6.07) is 9.39. The molecule has 112 valence electrons. The van der Waals surface area contributed by atoms with Crippen molar-refractivity contribution >= 4 is 39.1 Å². The summed E-state index contributed by atoms with van der Waals surface area (Å²) in [4.78, 5) is 0. The molecule has 5 heteroatoms. The van der Waals surface area contributed by atoms with Crippen LogP contribution in [0, 0.1) is 6.92 Å². The van der Waals surface area contributed by atoms with Gasteiger partial charge in [0, 0.05) is 25.6 Å². The fourth-order valence-electron chi connectivity index (χ4n) is 2.31. The predicted molar refractivity (Wildman–Crippen MR) is 92.8 cm³/mol. The summed E-state index contributed by atoms with van der Waals surface area (Å²) in [7, 11) is 3.53. The van der Waals surface area contributed by atoms with Gasteiger partial charge in [-0.25, -0.2) is 0 Å². The number of hydrogen-bond acceptors (Lipinski definition) is 2. The van der Waals surface area contributed by atoms with Crippen molar-refractivity contribution < 1.29 is 4.74 Å². The number of ether oxygens (including phenoxy) is 1. The Kier molecular flexibility index (Phi) is 5.55. The van der Waals surface area contributed by atoms with E-state index in [2.05, 4.69) is 21.2 Å². The third kappa shape index (κ3) is 3.37. The van der Waals surface area contributed by atoms with Gasteiger partial charge in [-0.2, -0.15) is 0 Å². The van der Waals surface area contributed by atoms with Crippen molar-refractivity contribution in [3.63, 3.8) is 0 Å². The van der Waals surface area contributed by atoms with Crippen LogP contribution >= 0.6 is 39.1 Å². The van der Waals surface area contributed by atoms with Gasteiger partial charge in [0.15, 0.2) is 0 Å². The van der Waals surface area contributed by atoms with Crippen molar-refractivity contribution in [2.45, 2.75) is 13.0 Å². The molecule has 21 heavy (non-hydrogen) atoms. The molecule has 0 bridgehead atoms. The number of nitrogens with one attached hydrogen (secondary N) is 1. The Hall–Kier alpha value is -0.740. The Labute approximate surface area is 143 Å². The van der Waals surface area contributed by atoms with Crippen LogP contribution in [0.4, 0.5) is 0 Å². The van der Waals surface area contributed by atoms with Crippen molar-refractivity contribution in [1.82, 2.24) is 5.32 Å². The third-order valence-electron chi connectivity index (χ3n) is 3.40. The Morgan fingerprint density at radius 1 is 1.19 bits per heavy atom. The molecule has 2 aromatic rings. The van der Waals surface area contributed by atoms with E-state index in [1.54, 1.807) is 7.11 Å². The predicted octanol–water partition coefficient (Wildman–Crippen LogP) is 5.38. The Morgan fingerprint density at radius 2 is 1.81 bits per heavy atom. The van der Waals surface area contributed by atoms with E-state index in [1.807, 2.05) is 44.3 Å². The van der Waals surface area contributed by atoms with Crippen LogP contribution in [0.5, 0.6) is 5.75 Å². The smallest absolute Gasteiger partial charge is 0.124 e. The van der Waals surface area contributed by atoms with Crippen LogP contribution in [0.15, 0.2) is 34.8 Å². The molecule has 1 unspecified atom stereocenters. The maximum Gasteiger partial charge on any atom is 0.124 e. The zero-order valence-corrected chi connectivity index (χ0v) is 15.1. The molecule has 0 saturated carbocycles. The molecular weight excluding hydrogens is 373 g/mol. The van der Waals surface area contributed by atoms with Crippen LogP contribution in [-0.4, -0.2) is 14.2 Å². The molecule has 0 saturated heterocycles. The SMILES string of the molecule is CNC(c1cc(Br)c(C)cc1OC)c1c(Cl)cccc1Cl. The summed E-state index contributed by atoms with van der Waals surface area (Å²) >= 11 is 16.3. The van der Waals surface area contributed by atoms with Gasteiger partial charge in [-0.15, -0.1) is 0 Å². The maximum atomic E-state index is 6.34. The highest BCUT2D eigenvalue weighted by Gasteiger charge is 2.22. The van der Waals surface area contributed by atoms with E-state index < -0.39 is 0 Å². The molecule has 0 radical (unpaired) electrons. The maximum absolute atomic E-state index is 6.34. The van der Waals surface area contributed by atoms with Gasteiger partial charge in [-0.1, -0.05) is 45.2 Å². The van der Waals surface area contributed by atoms with Gasteiger partial charge in [0.05, 0.1) is 13.2 Å². The third-order valence-corrected chi connectivity index (χ3v) is 4.91. The van der Waals surface area contributed by atoms with E-state index in [0.29, 0.717) is 10.0 Å². The first-order chi connectivity index (χ1) is 9.99. The number of benzene rings is 2. The quantitative estimate of drug-likeness (QED) is 0.758. The molecule has 0 aromatic heterocycles. The van der Waals surface area contributed by atoms with E-state index in [1.165, 1.54) is 0 Å². The summed E-state index contributed by atoms with van der Waals surface area (Å²) in [5.41, 5.74) is 2.93. The van der Waals surface area contributed by atoms with Gasteiger partial charge in [0.1, 0.15) is 5.75 Å². The van der Waals surface area contributed by atoms with Crippen molar-refractivity contribution in [1.29, 1.82) is 0 Å². The molecule has 1 atom stereocenters. The van der Waals surface area contributed by atoms with Gasteiger partial charge < -0.3 is 10.1 Å². The van der Waals surface area contributed by atoms with Crippen molar-refractivity contribution in [2.24, 2.45) is 0 Å². The minimum atomic E-state index is -0.155. The van der Waals surface area contributed by atoms with Crippen LogP contribution in [0.25, 0.3) is 0 Å². The first kappa shape index (κ1) is 16.6. The summed E-state index contributed by atoms with van der Waals surface area (Å²) in [5.74, 6) is 0.797. The highest BCUT2D eigenvalue weighted by atomic mass is 79.9. The standard InChI is InChI=1S/C16H16BrCl2NO/c1-9-7-14(21-3)10(8-11(9)17)16(20-2)15-12(18)5-4-6-13(15)19/h4-8,16,20H,1-3H3. The summed E-state index contributed by atoms with van der Waals surface area (Å²) in [6.45, 7) is 2.02. The highest BCUT2D eigenvalue weighted by Crippen LogP contribution is 2.39. The van der Waals surface area contributed by atoms with Gasteiger partial charge in [-0.3, -0.25) is 0 Å². The van der Waals surface area contributed by atoms with Crippen molar-refractivity contribution in [3.8, 4) is 5.75 Å². The van der Waals surface area contributed by atoms with Gasteiger partial charge >= 0.3 is 0 Å². The second-order valence-corrected chi connectivity index (χ2v) is 6.37. The molecule has 2 nitrogen and oxygen atoms in total. The molecule has 1 N–H and O–H groups in total. The molecule has 0 spiro atoms. The lowest BCUT2D eigenvalue weighted by Gasteiger charge is -2.23.